The minimum atomic E-state index is -0.656. The second-order valence-corrected chi connectivity index (χ2v) is 4.81. The van der Waals surface area contributed by atoms with E-state index in [1.54, 1.807) is 0 Å². The van der Waals surface area contributed by atoms with Crippen LogP contribution in [0.15, 0.2) is 46.2 Å². The van der Waals surface area contributed by atoms with Crippen molar-refractivity contribution in [2.75, 3.05) is 5.43 Å². The van der Waals surface area contributed by atoms with Crippen molar-refractivity contribution in [2.24, 2.45) is 5.84 Å². The van der Waals surface area contributed by atoms with Gasteiger partial charge in [-0.2, -0.15) is 0 Å². The molecular formula is C12H9F2N3O2S. The Kier molecular flexibility index (Phi) is 4.16. The molecule has 8 heteroatoms. The number of anilines is 1. The number of hydrazine groups is 1. The third kappa shape index (κ3) is 2.86. The number of nitrogens with zero attached hydrogens (tertiary/aromatic N) is 1. The van der Waals surface area contributed by atoms with Crippen LogP contribution in [0.3, 0.4) is 0 Å². The third-order valence-corrected chi connectivity index (χ3v) is 3.53. The minimum absolute atomic E-state index is 0.0396. The van der Waals surface area contributed by atoms with Gasteiger partial charge in [0.15, 0.2) is 0 Å². The Hall–Kier alpha value is -2.19. The first kappa shape index (κ1) is 14.2. The summed E-state index contributed by atoms with van der Waals surface area (Å²) in [5, 5.41) is 11.1. The zero-order valence-corrected chi connectivity index (χ0v) is 10.8. The molecule has 2 aromatic rings. The summed E-state index contributed by atoms with van der Waals surface area (Å²) in [6.07, 6.45) is 0. The summed E-state index contributed by atoms with van der Waals surface area (Å²) in [6, 6.07) is 7.31. The molecular weight excluding hydrogens is 288 g/mol. The smallest absolute Gasteiger partial charge is 0.307 e. The van der Waals surface area contributed by atoms with Crippen molar-refractivity contribution in [3.05, 3.63) is 58.1 Å². The van der Waals surface area contributed by atoms with Gasteiger partial charge in [-0.15, -0.1) is 0 Å². The van der Waals surface area contributed by atoms with Crippen LogP contribution in [0.25, 0.3) is 0 Å². The number of nitro groups is 1. The molecule has 20 heavy (non-hydrogen) atoms. The lowest BCUT2D eigenvalue weighted by Crippen LogP contribution is -2.09. The van der Waals surface area contributed by atoms with E-state index < -0.39 is 16.6 Å². The van der Waals surface area contributed by atoms with Gasteiger partial charge in [0.25, 0.3) is 0 Å². The van der Waals surface area contributed by atoms with E-state index in [0.717, 1.165) is 30.0 Å². The Bertz CT molecular complexity index is 667. The summed E-state index contributed by atoms with van der Waals surface area (Å²) in [7, 11) is 0. The van der Waals surface area contributed by atoms with Crippen molar-refractivity contribution in [1.82, 2.24) is 0 Å². The SMILES string of the molecule is NNc1cccc(Sc2cc(F)ccc2F)c1[N+](=O)[O-]. The van der Waals surface area contributed by atoms with Gasteiger partial charge < -0.3 is 5.43 Å². The molecule has 0 fully saturated rings. The van der Waals surface area contributed by atoms with Crippen molar-refractivity contribution in [2.45, 2.75) is 9.79 Å². The molecule has 2 aromatic carbocycles. The van der Waals surface area contributed by atoms with Gasteiger partial charge in [0.1, 0.15) is 17.3 Å². The summed E-state index contributed by atoms with van der Waals surface area (Å²) in [5.41, 5.74) is 2.01. The highest BCUT2D eigenvalue weighted by molar-refractivity contribution is 7.99. The Morgan fingerprint density at radius 3 is 2.60 bits per heavy atom. The summed E-state index contributed by atoms with van der Waals surface area (Å²) >= 11 is 0.761. The van der Waals surface area contributed by atoms with Crippen LogP contribution < -0.4 is 11.3 Å². The number of nitrogens with two attached hydrogens (primary N) is 1. The molecule has 0 saturated heterocycles. The van der Waals surface area contributed by atoms with Crippen molar-refractivity contribution >= 4 is 23.1 Å². The zero-order valence-electron chi connectivity index (χ0n) is 9.97. The van der Waals surface area contributed by atoms with E-state index in [0.29, 0.717) is 0 Å². The lowest BCUT2D eigenvalue weighted by atomic mass is 10.3. The van der Waals surface area contributed by atoms with E-state index in [4.69, 9.17) is 5.84 Å². The molecule has 0 aliphatic heterocycles. The van der Waals surface area contributed by atoms with Crippen molar-refractivity contribution in [1.29, 1.82) is 0 Å². The highest BCUT2D eigenvalue weighted by atomic mass is 32.2. The fourth-order valence-electron chi connectivity index (χ4n) is 1.58. The Morgan fingerprint density at radius 1 is 1.20 bits per heavy atom. The summed E-state index contributed by atoms with van der Waals surface area (Å²) in [4.78, 5) is 10.6. The topological polar surface area (TPSA) is 81.2 Å². The number of nitro benzene ring substituents is 1. The van der Waals surface area contributed by atoms with Gasteiger partial charge >= 0.3 is 5.69 Å². The molecule has 0 unspecified atom stereocenters. The molecule has 0 spiro atoms. The van der Waals surface area contributed by atoms with E-state index in [1.807, 2.05) is 0 Å². The van der Waals surface area contributed by atoms with Gasteiger partial charge in [0.2, 0.25) is 0 Å². The van der Waals surface area contributed by atoms with Crippen molar-refractivity contribution in [3.8, 4) is 0 Å². The number of hydrogen-bond acceptors (Lipinski definition) is 5. The summed E-state index contributed by atoms with van der Waals surface area (Å²) in [5.74, 6) is 3.93. The van der Waals surface area contributed by atoms with Crippen LogP contribution >= 0.6 is 11.8 Å². The van der Waals surface area contributed by atoms with Crippen LogP contribution in [0.2, 0.25) is 0 Å². The molecule has 5 nitrogen and oxygen atoms in total. The number of para-hydroxylation sites is 1. The molecule has 0 saturated carbocycles. The maximum Gasteiger partial charge on any atom is 0.307 e. The number of benzene rings is 2. The maximum absolute atomic E-state index is 13.6. The molecule has 0 heterocycles. The first-order valence-corrected chi connectivity index (χ1v) is 6.21. The average Bonchev–Trinajstić information content (AvgIpc) is 2.42. The zero-order chi connectivity index (χ0) is 14.7. The quantitative estimate of drug-likeness (QED) is 0.514. The third-order valence-electron chi connectivity index (χ3n) is 2.45. The molecule has 0 aliphatic carbocycles. The lowest BCUT2D eigenvalue weighted by molar-refractivity contribution is -0.386. The minimum Gasteiger partial charge on any atom is -0.318 e. The Labute approximate surface area is 116 Å². The highest BCUT2D eigenvalue weighted by Crippen LogP contribution is 2.39. The van der Waals surface area contributed by atoms with Gasteiger partial charge in [-0.25, -0.2) is 8.78 Å². The van der Waals surface area contributed by atoms with Gasteiger partial charge in [-0.3, -0.25) is 16.0 Å². The average molecular weight is 297 g/mol. The van der Waals surface area contributed by atoms with Gasteiger partial charge in [-0.1, -0.05) is 17.8 Å². The largest absolute Gasteiger partial charge is 0.318 e. The lowest BCUT2D eigenvalue weighted by Gasteiger charge is -2.07. The van der Waals surface area contributed by atoms with Gasteiger partial charge in [-0.05, 0) is 30.3 Å². The second kappa shape index (κ2) is 5.85. The molecule has 2 rings (SSSR count). The normalized spacial score (nSPS) is 10.3. The number of nitrogen functional groups attached to an aromatic ring is 1. The van der Waals surface area contributed by atoms with Crippen molar-refractivity contribution < 1.29 is 13.7 Å². The molecule has 0 aromatic heterocycles. The molecule has 0 aliphatic rings. The van der Waals surface area contributed by atoms with Gasteiger partial charge in [0.05, 0.1) is 14.7 Å². The molecule has 3 N–H and O–H groups in total. The van der Waals surface area contributed by atoms with Crippen LogP contribution in [-0.4, -0.2) is 4.92 Å². The van der Waals surface area contributed by atoms with E-state index in [-0.39, 0.29) is 21.2 Å². The van der Waals surface area contributed by atoms with E-state index in [2.05, 4.69) is 5.43 Å². The predicted octanol–water partition coefficient (Wildman–Crippen LogP) is 3.31. The molecule has 0 radical (unpaired) electrons. The van der Waals surface area contributed by atoms with Crippen LogP contribution in [0.4, 0.5) is 20.2 Å². The van der Waals surface area contributed by atoms with Gasteiger partial charge in [0, 0.05) is 0 Å². The summed E-state index contributed by atoms with van der Waals surface area (Å²) in [6.45, 7) is 0. The van der Waals surface area contributed by atoms with E-state index in [9.17, 15) is 18.9 Å². The fraction of sp³-hybridized carbons (Fsp3) is 0. The van der Waals surface area contributed by atoms with Crippen LogP contribution in [0, 0.1) is 21.7 Å². The fourth-order valence-corrected chi connectivity index (χ4v) is 2.59. The number of rotatable bonds is 4. The van der Waals surface area contributed by atoms with E-state index in [1.165, 1.54) is 18.2 Å². The molecule has 104 valence electrons. The molecule has 0 amide bonds. The summed E-state index contributed by atoms with van der Waals surface area (Å²) < 4.78 is 26.7. The first-order chi connectivity index (χ1) is 9.52. The van der Waals surface area contributed by atoms with E-state index >= 15 is 0 Å². The standard InChI is InChI=1S/C12H9F2N3O2S/c13-7-4-5-8(14)11(6-7)20-10-3-1-2-9(16-15)12(10)17(18)19/h1-6,16H,15H2. The number of halogens is 2. The Morgan fingerprint density at radius 2 is 1.95 bits per heavy atom. The van der Waals surface area contributed by atoms with Crippen LogP contribution in [-0.2, 0) is 0 Å². The molecule has 0 atom stereocenters. The van der Waals surface area contributed by atoms with Crippen LogP contribution in [0.5, 0.6) is 0 Å². The predicted molar refractivity (Wildman–Crippen MR) is 71.4 cm³/mol. The highest BCUT2D eigenvalue weighted by Gasteiger charge is 2.21. The monoisotopic (exact) mass is 297 g/mol. The first-order valence-electron chi connectivity index (χ1n) is 5.40. The maximum atomic E-state index is 13.6. The Balaban J connectivity index is 2.48. The molecule has 0 bridgehead atoms. The number of hydrogen-bond donors (Lipinski definition) is 2. The van der Waals surface area contributed by atoms with Crippen LogP contribution in [0.1, 0.15) is 0 Å². The second-order valence-electron chi connectivity index (χ2n) is 3.73. The van der Waals surface area contributed by atoms with Crippen molar-refractivity contribution in [3.63, 3.8) is 0 Å². The number of nitrogens with one attached hydrogen (secondary N) is 1.